The summed E-state index contributed by atoms with van der Waals surface area (Å²) < 4.78 is 15.9. The lowest BCUT2D eigenvalue weighted by atomic mass is 10.1. The van der Waals surface area contributed by atoms with Crippen LogP contribution in [0.25, 0.3) is 6.08 Å². The average Bonchev–Trinajstić information content (AvgIpc) is 3.05. The Labute approximate surface area is 183 Å². The van der Waals surface area contributed by atoms with Gasteiger partial charge in [0, 0.05) is 25.1 Å². The number of aliphatic imine (C=N–C) groups is 1. The first-order valence-electron chi connectivity index (χ1n) is 9.32. The molecule has 0 spiro atoms. The van der Waals surface area contributed by atoms with Crippen molar-refractivity contribution in [3.05, 3.63) is 58.2 Å². The molecule has 0 saturated carbocycles. The molecule has 8 nitrogen and oxygen atoms in total. The zero-order valence-corrected chi connectivity index (χ0v) is 17.8. The van der Waals surface area contributed by atoms with Gasteiger partial charge in [0.25, 0.3) is 0 Å². The topological polar surface area (TPSA) is 103 Å². The summed E-state index contributed by atoms with van der Waals surface area (Å²) in [6.07, 6.45) is 1.49. The van der Waals surface area contributed by atoms with Crippen molar-refractivity contribution in [1.82, 2.24) is 0 Å². The second-order valence-electron chi connectivity index (χ2n) is 6.45. The molecule has 2 aromatic rings. The van der Waals surface area contributed by atoms with E-state index in [2.05, 4.69) is 10.3 Å². The monoisotopic (exact) mass is 442 g/mol. The Hall–Kier alpha value is -3.65. The van der Waals surface area contributed by atoms with Gasteiger partial charge >= 0.3 is 11.9 Å². The summed E-state index contributed by atoms with van der Waals surface area (Å²) in [5.74, 6) is -0.839. The molecule has 2 aromatic carbocycles. The van der Waals surface area contributed by atoms with Gasteiger partial charge in [-0.25, -0.2) is 9.79 Å². The van der Waals surface area contributed by atoms with E-state index in [0.717, 1.165) is 0 Å². The van der Waals surface area contributed by atoms with Crippen LogP contribution in [0.2, 0.25) is 5.02 Å². The lowest BCUT2D eigenvalue weighted by Gasteiger charge is -2.12. The van der Waals surface area contributed by atoms with Gasteiger partial charge in [-0.15, -0.1) is 0 Å². The van der Waals surface area contributed by atoms with Crippen LogP contribution in [-0.4, -0.2) is 30.4 Å². The van der Waals surface area contributed by atoms with Crippen molar-refractivity contribution in [2.45, 2.75) is 20.8 Å². The number of nitrogens with zero attached hydrogens (tertiary/aromatic N) is 1. The molecule has 0 unspecified atom stereocenters. The minimum Gasteiger partial charge on any atom is -0.490 e. The molecule has 3 rings (SSSR count). The van der Waals surface area contributed by atoms with E-state index >= 15 is 0 Å². The summed E-state index contributed by atoms with van der Waals surface area (Å²) in [6.45, 7) is 4.77. The zero-order chi connectivity index (χ0) is 22.5. The Morgan fingerprint density at radius 3 is 2.52 bits per heavy atom. The number of hydrogen-bond donors (Lipinski definition) is 1. The Bertz CT molecular complexity index is 1110. The van der Waals surface area contributed by atoms with Gasteiger partial charge in [-0.1, -0.05) is 11.6 Å². The third kappa shape index (κ3) is 5.49. The van der Waals surface area contributed by atoms with Crippen molar-refractivity contribution in [3.8, 4) is 11.5 Å². The van der Waals surface area contributed by atoms with Crippen LogP contribution in [0.15, 0.2) is 47.1 Å². The molecule has 31 heavy (non-hydrogen) atoms. The predicted octanol–water partition coefficient (Wildman–Crippen LogP) is 3.97. The molecule has 160 valence electrons. The molecule has 1 heterocycles. The molecule has 1 N–H and O–H groups in total. The number of cyclic esters (lactones) is 1. The maximum atomic E-state index is 12.3. The Kier molecular flexibility index (Phi) is 6.71. The molecule has 9 heteroatoms. The molecule has 0 bridgehead atoms. The lowest BCUT2D eigenvalue weighted by Crippen LogP contribution is -2.07. The van der Waals surface area contributed by atoms with Crippen LogP contribution in [0, 0.1) is 0 Å². The Morgan fingerprint density at radius 2 is 1.90 bits per heavy atom. The van der Waals surface area contributed by atoms with E-state index in [1.807, 2.05) is 0 Å². The van der Waals surface area contributed by atoms with E-state index in [1.54, 1.807) is 37.3 Å². The zero-order valence-electron chi connectivity index (χ0n) is 17.0. The molecular formula is C22H19ClN2O6. The summed E-state index contributed by atoms with van der Waals surface area (Å²) in [4.78, 5) is 39.0. The van der Waals surface area contributed by atoms with Crippen LogP contribution < -0.4 is 14.8 Å². The van der Waals surface area contributed by atoms with Gasteiger partial charge in [-0.05, 0) is 55.0 Å². The van der Waals surface area contributed by atoms with E-state index < -0.39 is 11.9 Å². The minimum atomic E-state index is -0.626. The van der Waals surface area contributed by atoms with Gasteiger partial charge in [0.1, 0.15) is 0 Å². The van der Waals surface area contributed by atoms with Crippen molar-refractivity contribution < 1.29 is 28.6 Å². The highest BCUT2D eigenvalue weighted by Crippen LogP contribution is 2.37. The van der Waals surface area contributed by atoms with Gasteiger partial charge in [-0.2, -0.15) is 0 Å². The van der Waals surface area contributed by atoms with Crippen LogP contribution in [0.3, 0.4) is 0 Å². The molecular weight excluding hydrogens is 424 g/mol. The third-order valence-corrected chi connectivity index (χ3v) is 4.23. The smallest absolute Gasteiger partial charge is 0.363 e. The number of amides is 1. The van der Waals surface area contributed by atoms with Crippen LogP contribution in [0.4, 0.5) is 5.69 Å². The number of halogens is 1. The molecule has 0 atom stereocenters. The number of rotatable bonds is 6. The highest BCUT2D eigenvalue weighted by Gasteiger charge is 2.24. The first kappa shape index (κ1) is 22.0. The number of esters is 2. The maximum absolute atomic E-state index is 12.3. The Balaban J connectivity index is 1.90. The number of ether oxygens (including phenoxy) is 3. The quantitative estimate of drug-likeness (QED) is 0.412. The number of anilines is 1. The highest BCUT2D eigenvalue weighted by atomic mass is 35.5. The van der Waals surface area contributed by atoms with Gasteiger partial charge in [0.2, 0.25) is 11.8 Å². The minimum absolute atomic E-state index is 0.0692. The van der Waals surface area contributed by atoms with Gasteiger partial charge < -0.3 is 19.5 Å². The summed E-state index contributed by atoms with van der Waals surface area (Å²) in [7, 11) is 0. The van der Waals surface area contributed by atoms with Crippen molar-refractivity contribution >= 4 is 47.1 Å². The number of hydrogen-bond acceptors (Lipinski definition) is 7. The van der Waals surface area contributed by atoms with Crippen molar-refractivity contribution in [3.63, 3.8) is 0 Å². The molecule has 1 aliphatic rings. The summed E-state index contributed by atoms with van der Waals surface area (Å²) in [6, 6.07) is 9.83. The van der Waals surface area contributed by atoms with Crippen LogP contribution in [-0.2, 0) is 19.1 Å². The number of carbonyl (C=O) groups excluding carboxylic acids is 3. The second-order valence-corrected chi connectivity index (χ2v) is 6.86. The summed E-state index contributed by atoms with van der Waals surface area (Å²) in [5, 5.41) is 2.81. The average molecular weight is 443 g/mol. The normalized spacial score (nSPS) is 14.1. The number of carbonyl (C=O) groups is 3. The van der Waals surface area contributed by atoms with E-state index in [1.165, 1.54) is 26.0 Å². The van der Waals surface area contributed by atoms with Crippen LogP contribution in [0.5, 0.6) is 11.5 Å². The first-order valence-corrected chi connectivity index (χ1v) is 9.70. The first-order chi connectivity index (χ1) is 14.8. The summed E-state index contributed by atoms with van der Waals surface area (Å²) in [5.41, 5.74) is 1.77. The van der Waals surface area contributed by atoms with Gasteiger partial charge in [0.15, 0.2) is 17.2 Å². The van der Waals surface area contributed by atoms with Crippen molar-refractivity contribution in [1.29, 1.82) is 0 Å². The fourth-order valence-corrected chi connectivity index (χ4v) is 3.02. The van der Waals surface area contributed by atoms with Gasteiger partial charge in [0.05, 0.1) is 11.6 Å². The van der Waals surface area contributed by atoms with E-state index in [0.29, 0.717) is 23.4 Å². The van der Waals surface area contributed by atoms with E-state index in [-0.39, 0.29) is 34.0 Å². The third-order valence-electron chi connectivity index (χ3n) is 3.95. The maximum Gasteiger partial charge on any atom is 0.363 e. The van der Waals surface area contributed by atoms with Crippen LogP contribution in [0.1, 0.15) is 31.9 Å². The lowest BCUT2D eigenvalue weighted by molar-refractivity contribution is -0.132. The summed E-state index contributed by atoms with van der Waals surface area (Å²) >= 11 is 6.24. The molecule has 0 aromatic heterocycles. The highest BCUT2D eigenvalue weighted by molar-refractivity contribution is 6.32. The van der Waals surface area contributed by atoms with E-state index in [4.69, 9.17) is 25.8 Å². The molecule has 1 amide bonds. The predicted molar refractivity (Wildman–Crippen MR) is 115 cm³/mol. The standard InChI is InChI=1S/C22H19ClN2O6/c1-4-29-19-11-14(9-17(23)20(19)30-13(3)27)10-18-22(28)31-21(25-18)15-5-7-16(8-6-15)24-12(2)26/h5-11H,4H2,1-3H3,(H,24,26). The van der Waals surface area contributed by atoms with Crippen molar-refractivity contribution in [2.75, 3.05) is 11.9 Å². The van der Waals surface area contributed by atoms with Crippen molar-refractivity contribution in [2.24, 2.45) is 4.99 Å². The molecule has 1 aliphatic heterocycles. The largest absolute Gasteiger partial charge is 0.490 e. The van der Waals surface area contributed by atoms with Crippen LogP contribution >= 0.6 is 11.6 Å². The molecule has 0 radical (unpaired) electrons. The Morgan fingerprint density at radius 1 is 1.19 bits per heavy atom. The SMILES string of the molecule is CCOc1cc(C=C2N=C(c3ccc(NC(C)=O)cc3)OC2=O)cc(Cl)c1OC(C)=O. The van der Waals surface area contributed by atoms with Gasteiger partial charge in [-0.3, -0.25) is 9.59 Å². The number of nitrogens with one attached hydrogen (secondary N) is 1. The number of benzene rings is 2. The molecule has 0 aliphatic carbocycles. The van der Waals surface area contributed by atoms with E-state index in [9.17, 15) is 14.4 Å². The molecule has 0 fully saturated rings. The fourth-order valence-electron chi connectivity index (χ4n) is 2.77. The fraction of sp³-hybridized carbons (Fsp3) is 0.182. The second kappa shape index (κ2) is 9.44. The molecule has 0 saturated heterocycles.